The summed E-state index contributed by atoms with van der Waals surface area (Å²) in [7, 11) is 5.25. The predicted octanol–water partition coefficient (Wildman–Crippen LogP) is -1.14. The van der Waals surface area contributed by atoms with E-state index in [-0.39, 0.29) is 12.6 Å². The van der Waals surface area contributed by atoms with E-state index in [0.717, 1.165) is 12.8 Å². The van der Waals surface area contributed by atoms with Crippen LogP contribution in [0.25, 0.3) is 0 Å². The summed E-state index contributed by atoms with van der Waals surface area (Å²) in [4.78, 5) is 0. The summed E-state index contributed by atoms with van der Waals surface area (Å²) in [5.41, 5.74) is -0.844. The average Bonchev–Trinajstić information content (AvgIpc) is 2.28. The fraction of sp³-hybridized carbons (Fsp3) is 1.00. The Balaban J connectivity index is 4.65. The van der Waals surface area contributed by atoms with E-state index in [1.807, 2.05) is 7.05 Å². The number of likely N-dealkylation sites (N-methyl/N-ethyl adjacent to an activating group) is 3. The molecule has 0 spiro atoms. The van der Waals surface area contributed by atoms with E-state index < -0.39 is 11.8 Å². The Hall–Kier alpha value is -0.200. The van der Waals surface area contributed by atoms with E-state index in [2.05, 4.69) is 22.9 Å². The number of hydrogen-bond acceptors (Lipinski definition) is 5. The van der Waals surface area contributed by atoms with Gasteiger partial charge in [-0.05, 0) is 27.6 Å². The Labute approximate surface area is 92.3 Å². The Bertz CT molecular complexity index is 154. The van der Waals surface area contributed by atoms with Gasteiger partial charge in [0.05, 0.1) is 6.61 Å². The van der Waals surface area contributed by atoms with Crippen LogP contribution in [0.4, 0.5) is 0 Å². The zero-order valence-corrected chi connectivity index (χ0v) is 10.2. The molecule has 15 heavy (non-hydrogen) atoms. The second-order valence-electron chi connectivity index (χ2n) is 3.76. The maximum atomic E-state index is 10.2. The van der Waals surface area contributed by atoms with E-state index >= 15 is 0 Å². The van der Waals surface area contributed by atoms with E-state index in [9.17, 15) is 10.2 Å². The van der Waals surface area contributed by atoms with Crippen LogP contribution >= 0.6 is 0 Å². The first kappa shape index (κ1) is 14.8. The van der Waals surface area contributed by atoms with Gasteiger partial charge in [0, 0.05) is 6.04 Å². The molecule has 0 bridgehead atoms. The Morgan fingerprint density at radius 1 is 1.20 bits per heavy atom. The van der Waals surface area contributed by atoms with Crippen LogP contribution in [0.3, 0.4) is 0 Å². The van der Waals surface area contributed by atoms with E-state index in [1.54, 1.807) is 14.1 Å². The molecule has 0 fully saturated rings. The monoisotopic (exact) mass is 219 g/mol. The van der Waals surface area contributed by atoms with Crippen molar-refractivity contribution >= 4 is 0 Å². The van der Waals surface area contributed by atoms with Crippen LogP contribution in [0.2, 0.25) is 0 Å². The molecule has 0 aliphatic rings. The fourth-order valence-corrected chi connectivity index (χ4v) is 1.79. The molecule has 0 saturated heterocycles. The summed E-state index contributed by atoms with van der Waals surface area (Å²) < 4.78 is 0. The van der Waals surface area contributed by atoms with Crippen molar-refractivity contribution in [1.29, 1.82) is 0 Å². The molecule has 5 nitrogen and oxygen atoms in total. The smallest absolute Gasteiger partial charge is 0.120 e. The SMILES string of the molecule is CCCC(NC)C(O)C(CO)(NC)NC. The summed E-state index contributed by atoms with van der Waals surface area (Å²) in [6.45, 7) is 1.90. The van der Waals surface area contributed by atoms with Gasteiger partial charge >= 0.3 is 0 Å². The number of nitrogens with one attached hydrogen (secondary N) is 3. The van der Waals surface area contributed by atoms with Gasteiger partial charge in [-0.15, -0.1) is 0 Å². The highest BCUT2D eigenvalue weighted by Gasteiger charge is 2.38. The molecular formula is C10H25N3O2. The molecule has 92 valence electrons. The third kappa shape index (κ3) is 3.39. The molecule has 0 aromatic heterocycles. The van der Waals surface area contributed by atoms with Gasteiger partial charge in [0.2, 0.25) is 0 Å². The normalized spacial score (nSPS) is 16.4. The number of rotatable bonds is 8. The van der Waals surface area contributed by atoms with Crippen LogP contribution in [0, 0.1) is 0 Å². The lowest BCUT2D eigenvalue weighted by molar-refractivity contribution is -0.0166. The number of aliphatic hydroxyl groups excluding tert-OH is 2. The van der Waals surface area contributed by atoms with Crippen molar-refractivity contribution in [1.82, 2.24) is 16.0 Å². The van der Waals surface area contributed by atoms with Crippen LogP contribution in [-0.2, 0) is 0 Å². The standard InChI is InChI=1S/C10H25N3O2/c1-5-6-8(11-2)9(15)10(7-14,12-3)13-4/h8-9,11-15H,5-7H2,1-4H3. The van der Waals surface area contributed by atoms with Crippen molar-refractivity contribution < 1.29 is 10.2 Å². The first-order chi connectivity index (χ1) is 7.11. The van der Waals surface area contributed by atoms with Gasteiger partial charge in [-0.3, -0.25) is 10.6 Å². The van der Waals surface area contributed by atoms with Crippen LogP contribution in [0.15, 0.2) is 0 Å². The molecule has 5 heteroatoms. The van der Waals surface area contributed by atoms with Crippen molar-refractivity contribution in [3.05, 3.63) is 0 Å². The van der Waals surface area contributed by atoms with Crippen LogP contribution < -0.4 is 16.0 Å². The minimum absolute atomic E-state index is 0.0398. The minimum atomic E-state index is -0.844. The Kier molecular flexibility index (Phi) is 7.04. The topological polar surface area (TPSA) is 76.5 Å². The van der Waals surface area contributed by atoms with Crippen molar-refractivity contribution in [3.8, 4) is 0 Å². The van der Waals surface area contributed by atoms with Gasteiger partial charge < -0.3 is 15.5 Å². The lowest BCUT2D eigenvalue weighted by atomic mass is 9.94. The second-order valence-corrected chi connectivity index (χ2v) is 3.76. The summed E-state index contributed by atoms with van der Waals surface area (Å²) >= 11 is 0. The molecule has 2 unspecified atom stereocenters. The number of hydrogen-bond donors (Lipinski definition) is 5. The Morgan fingerprint density at radius 3 is 2.00 bits per heavy atom. The molecule has 2 atom stereocenters. The van der Waals surface area contributed by atoms with Crippen molar-refractivity contribution in [2.75, 3.05) is 27.7 Å². The van der Waals surface area contributed by atoms with Crippen molar-refractivity contribution in [2.45, 2.75) is 37.6 Å². The molecule has 0 amide bonds. The molecule has 0 aliphatic heterocycles. The summed E-state index contributed by atoms with van der Waals surface area (Å²) in [6.07, 6.45) is 1.16. The molecule has 0 aromatic rings. The van der Waals surface area contributed by atoms with E-state index in [4.69, 9.17) is 0 Å². The predicted molar refractivity (Wildman–Crippen MR) is 61.7 cm³/mol. The molecule has 0 saturated carbocycles. The lowest BCUT2D eigenvalue weighted by Crippen LogP contribution is -2.69. The van der Waals surface area contributed by atoms with E-state index in [1.165, 1.54) is 0 Å². The Morgan fingerprint density at radius 2 is 1.73 bits per heavy atom. The van der Waals surface area contributed by atoms with Gasteiger partial charge in [-0.1, -0.05) is 13.3 Å². The fourth-order valence-electron chi connectivity index (χ4n) is 1.79. The summed E-state index contributed by atoms with van der Waals surface area (Å²) in [6, 6.07) is -0.0398. The molecule has 0 radical (unpaired) electrons. The van der Waals surface area contributed by atoms with E-state index in [0.29, 0.717) is 0 Å². The first-order valence-corrected chi connectivity index (χ1v) is 5.45. The average molecular weight is 219 g/mol. The highest BCUT2D eigenvalue weighted by molar-refractivity contribution is 4.95. The largest absolute Gasteiger partial charge is 0.393 e. The third-order valence-electron chi connectivity index (χ3n) is 3.00. The minimum Gasteiger partial charge on any atom is -0.393 e. The summed E-state index contributed by atoms with van der Waals surface area (Å²) in [5, 5.41) is 28.5. The van der Waals surface area contributed by atoms with Crippen LogP contribution in [-0.4, -0.2) is 55.8 Å². The molecular weight excluding hydrogens is 194 g/mol. The second kappa shape index (κ2) is 7.14. The third-order valence-corrected chi connectivity index (χ3v) is 3.00. The van der Waals surface area contributed by atoms with Crippen LogP contribution in [0.5, 0.6) is 0 Å². The molecule has 0 aliphatic carbocycles. The summed E-state index contributed by atoms with van der Waals surface area (Å²) in [5.74, 6) is 0. The highest BCUT2D eigenvalue weighted by atomic mass is 16.3. The highest BCUT2D eigenvalue weighted by Crippen LogP contribution is 2.13. The number of aliphatic hydroxyl groups is 2. The zero-order chi connectivity index (χ0) is 11.9. The molecule has 0 heterocycles. The van der Waals surface area contributed by atoms with Gasteiger partial charge in [-0.2, -0.15) is 0 Å². The lowest BCUT2D eigenvalue weighted by Gasteiger charge is -2.39. The molecule has 0 aromatic carbocycles. The quantitative estimate of drug-likeness (QED) is 0.334. The molecule has 5 N–H and O–H groups in total. The van der Waals surface area contributed by atoms with Gasteiger partial charge in [0.25, 0.3) is 0 Å². The molecule has 0 rings (SSSR count). The van der Waals surface area contributed by atoms with Gasteiger partial charge in [0.1, 0.15) is 11.8 Å². The maximum Gasteiger partial charge on any atom is 0.120 e. The first-order valence-electron chi connectivity index (χ1n) is 5.45. The van der Waals surface area contributed by atoms with Crippen molar-refractivity contribution in [3.63, 3.8) is 0 Å². The van der Waals surface area contributed by atoms with Crippen molar-refractivity contribution in [2.24, 2.45) is 0 Å². The maximum absolute atomic E-state index is 10.2. The van der Waals surface area contributed by atoms with Gasteiger partial charge in [0.15, 0.2) is 0 Å². The zero-order valence-electron chi connectivity index (χ0n) is 10.2. The van der Waals surface area contributed by atoms with Crippen LogP contribution in [0.1, 0.15) is 19.8 Å². The van der Waals surface area contributed by atoms with Gasteiger partial charge in [-0.25, -0.2) is 0 Å².